The van der Waals surface area contributed by atoms with Crippen LogP contribution in [0.5, 0.6) is 0 Å². The lowest BCUT2D eigenvalue weighted by atomic mass is 10.1. The molecule has 34 heavy (non-hydrogen) atoms. The fourth-order valence-corrected chi connectivity index (χ4v) is 5.08. The highest BCUT2D eigenvalue weighted by Gasteiger charge is 2.27. The minimum atomic E-state index is -0.528. The molecule has 0 saturated carbocycles. The zero-order valence-corrected chi connectivity index (χ0v) is 22.6. The summed E-state index contributed by atoms with van der Waals surface area (Å²) in [6.45, 7) is 7.34. The molecule has 2 aromatic heterocycles. The molecule has 1 amide bonds. The molecule has 0 atom stereocenters. The van der Waals surface area contributed by atoms with Gasteiger partial charge in [-0.2, -0.15) is 5.10 Å². The predicted molar refractivity (Wildman–Crippen MR) is 143 cm³/mol. The number of methoxy groups -OCH3 is 1. The highest BCUT2D eigenvalue weighted by Crippen LogP contribution is 2.34. The van der Waals surface area contributed by atoms with Crippen molar-refractivity contribution in [3.63, 3.8) is 0 Å². The van der Waals surface area contributed by atoms with E-state index >= 15 is 0 Å². The fraction of sp³-hybridized carbons (Fsp3) is 0.304. The van der Waals surface area contributed by atoms with Crippen LogP contribution in [-0.4, -0.2) is 51.9 Å². The second-order valence-electron chi connectivity index (χ2n) is 7.36. The average Bonchev–Trinajstić information content (AvgIpc) is 3.38. The molecule has 8 nitrogen and oxygen atoms in total. The van der Waals surface area contributed by atoms with Crippen molar-refractivity contribution < 1.29 is 14.3 Å². The summed E-state index contributed by atoms with van der Waals surface area (Å²) in [6.07, 6.45) is 3.51. The summed E-state index contributed by atoms with van der Waals surface area (Å²) in [7, 11) is 1.31. The Morgan fingerprint density at radius 2 is 1.88 bits per heavy atom. The van der Waals surface area contributed by atoms with Gasteiger partial charge >= 0.3 is 5.97 Å². The lowest BCUT2D eigenvalue weighted by Crippen LogP contribution is -2.30. The Kier molecular flexibility index (Phi) is 8.81. The summed E-state index contributed by atoms with van der Waals surface area (Å²) < 4.78 is 7.77. The van der Waals surface area contributed by atoms with Crippen LogP contribution in [0.1, 0.15) is 45.0 Å². The number of benzene rings is 1. The Balaban J connectivity index is 1.75. The summed E-state index contributed by atoms with van der Waals surface area (Å²) in [5, 5.41) is 11.2. The molecule has 0 radical (unpaired) electrons. The van der Waals surface area contributed by atoms with E-state index in [1.54, 1.807) is 22.7 Å². The van der Waals surface area contributed by atoms with E-state index in [4.69, 9.17) is 17.0 Å². The van der Waals surface area contributed by atoms with Gasteiger partial charge in [-0.3, -0.25) is 9.48 Å². The third-order valence-electron chi connectivity index (χ3n) is 5.16. The third-order valence-corrected chi connectivity index (χ3v) is 7.09. The predicted octanol–water partition coefficient (Wildman–Crippen LogP) is 5.14. The molecule has 0 aliphatic heterocycles. The van der Waals surface area contributed by atoms with Gasteiger partial charge < -0.3 is 20.3 Å². The minimum absolute atomic E-state index is 0.126. The van der Waals surface area contributed by atoms with Gasteiger partial charge in [0, 0.05) is 23.8 Å². The SMILES string of the molecule is CCN(CC)C(=O)c1sc(NC(=S)Nc2cnn(Cc3ccc(Br)cc3)c2)c(C(=O)OC)c1C. The highest BCUT2D eigenvalue weighted by molar-refractivity contribution is 9.10. The van der Waals surface area contributed by atoms with Crippen molar-refractivity contribution >= 4 is 67.2 Å². The van der Waals surface area contributed by atoms with Crippen LogP contribution in [0, 0.1) is 6.92 Å². The largest absolute Gasteiger partial charge is 0.465 e. The molecule has 2 N–H and O–H groups in total. The molecule has 0 bridgehead atoms. The number of nitrogens with one attached hydrogen (secondary N) is 2. The van der Waals surface area contributed by atoms with Crippen LogP contribution < -0.4 is 10.6 Å². The molecule has 0 fully saturated rings. The number of anilines is 2. The van der Waals surface area contributed by atoms with Crippen molar-refractivity contribution in [3.05, 3.63) is 62.7 Å². The quantitative estimate of drug-likeness (QED) is 0.289. The molecule has 2 heterocycles. The number of thiophene rings is 1. The van der Waals surface area contributed by atoms with Crippen molar-refractivity contribution in [2.24, 2.45) is 0 Å². The number of hydrogen-bond donors (Lipinski definition) is 2. The lowest BCUT2D eigenvalue weighted by Gasteiger charge is -2.17. The van der Waals surface area contributed by atoms with Gasteiger partial charge in [-0.1, -0.05) is 28.1 Å². The Labute approximate surface area is 216 Å². The zero-order chi connectivity index (χ0) is 24.8. The monoisotopic (exact) mass is 563 g/mol. The van der Waals surface area contributed by atoms with Gasteiger partial charge in [0.05, 0.1) is 36.0 Å². The minimum Gasteiger partial charge on any atom is -0.465 e. The Morgan fingerprint density at radius 1 is 1.21 bits per heavy atom. The van der Waals surface area contributed by atoms with E-state index in [0.29, 0.717) is 46.3 Å². The summed E-state index contributed by atoms with van der Waals surface area (Å²) in [4.78, 5) is 27.6. The Bertz CT molecular complexity index is 1190. The molecule has 0 saturated heterocycles. The molecule has 3 aromatic rings. The van der Waals surface area contributed by atoms with E-state index < -0.39 is 5.97 Å². The van der Waals surface area contributed by atoms with E-state index in [9.17, 15) is 9.59 Å². The number of ether oxygens (including phenoxy) is 1. The maximum Gasteiger partial charge on any atom is 0.341 e. The van der Waals surface area contributed by atoms with Gasteiger partial charge in [0.2, 0.25) is 0 Å². The molecule has 0 unspecified atom stereocenters. The second-order valence-corrected chi connectivity index (χ2v) is 9.71. The number of aromatic nitrogens is 2. The van der Waals surface area contributed by atoms with E-state index in [1.165, 1.54) is 18.4 Å². The summed E-state index contributed by atoms with van der Waals surface area (Å²) >= 11 is 10.1. The van der Waals surface area contributed by atoms with Gasteiger partial charge in [0.25, 0.3) is 5.91 Å². The van der Waals surface area contributed by atoms with Gasteiger partial charge in [-0.15, -0.1) is 11.3 Å². The van der Waals surface area contributed by atoms with E-state index in [0.717, 1.165) is 10.0 Å². The summed E-state index contributed by atoms with van der Waals surface area (Å²) in [6, 6.07) is 8.02. The van der Waals surface area contributed by atoms with E-state index in [1.807, 2.05) is 44.3 Å². The normalized spacial score (nSPS) is 10.6. The molecule has 0 aliphatic carbocycles. The molecule has 3 rings (SSSR count). The van der Waals surface area contributed by atoms with Crippen LogP contribution in [0.2, 0.25) is 0 Å². The van der Waals surface area contributed by atoms with Crippen LogP contribution in [-0.2, 0) is 11.3 Å². The number of carbonyl (C=O) groups is 2. The topological polar surface area (TPSA) is 88.5 Å². The lowest BCUT2D eigenvalue weighted by molar-refractivity contribution is 0.0601. The first-order chi connectivity index (χ1) is 16.3. The van der Waals surface area contributed by atoms with Crippen molar-refractivity contribution in [1.82, 2.24) is 14.7 Å². The number of nitrogens with zero attached hydrogens (tertiary/aromatic N) is 3. The number of esters is 1. The molecule has 11 heteroatoms. The number of thiocarbonyl (C=S) groups is 1. The third kappa shape index (κ3) is 6.02. The van der Waals surface area contributed by atoms with Crippen molar-refractivity contribution in [1.29, 1.82) is 0 Å². The van der Waals surface area contributed by atoms with Crippen LogP contribution >= 0.6 is 39.5 Å². The molecule has 180 valence electrons. The van der Waals surface area contributed by atoms with E-state index in [-0.39, 0.29) is 11.0 Å². The standard InChI is InChI=1S/C23H26BrN5O3S2/c1-5-28(6-2)21(30)19-14(3)18(22(31)32-4)20(34-19)27-23(33)26-17-11-25-29(13-17)12-15-7-9-16(24)10-8-15/h7-11,13H,5-6,12H2,1-4H3,(H2,26,27,33). The molecular formula is C23H26BrN5O3S2. The average molecular weight is 565 g/mol. The number of halogens is 1. The van der Waals surface area contributed by atoms with Gasteiger partial charge in [-0.25, -0.2) is 4.79 Å². The highest BCUT2D eigenvalue weighted by atomic mass is 79.9. The molecular weight excluding hydrogens is 538 g/mol. The first kappa shape index (κ1) is 25.9. The first-order valence-corrected chi connectivity index (χ1v) is 12.6. The zero-order valence-electron chi connectivity index (χ0n) is 19.3. The van der Waals surface area contributed by atoms with Gasteiger partial charge in [0.1, 0.15) is 5.00 Å². The summed E-state index contributed by atoms with van der Waals surface area (Å²) in [5.74, 6) is -0.654. The van der Waals surface area contributed by atoms with Gasteiger partial charge in [0.15, 0.2) is 5.11 Å². The van der Waals surface area contributed by atoms with Crippen molar-refractivity contribution in [2.75, 3.05) is 30.8 Å². The number of carbonyl (C=O) groups excluding carboxylic acids is 2. The van der Waals surface area contributed by atoms with Gasteiger partial charge in [-0.05, 0) is 56.2 Å². The number of hydrogen-bond acceptors (Lipinski definition) is 6. The maximum atomic E-state index is 12.9. The number of rotatable bonds is 8. The fourth-order valence-electron chi connectivity index (χ4n) is 3.36. The summed E-state index contributed by atoms with van der Waals surface area (Å²) in [5.41, 5.74) is 2.68. The van der Waals surface area contributed by atoms with E-state index in [2.05, 4.69) is 31.7 Å². The molecule has 0 aliphatic rings. The Hall–Kier alpha value is -2.76. The number of amides is 1. The van der Waals surface area contributed by atoms with Crippen LogP contribution in [0.4, 0.5) is 10.7 Å². The first-order valence-electron chi connectivity index (χ1n) is 10.6. The molecule has 0 spiro atoms. The van der Waals surface area contributed by atoms with Crippen LogP contribution in [0.15, 0.2) is 41.1 Å². The van der Waals surface area contributed by atoms with Crippen molar-refractivity contribution in [2.45, 2.75) is 27.3 Å². The smallest absolute Gasteiger partial charge is 0.341 e. The van der Waals surface area contributed by atoms with Crippen LogP contribution in [0.25, 0.3) is 0 Å². The van der Waals surface area contributed by atoms with Crippen LogP contribution in [0.3, 0.4) is 0 Å². The maximum absolute atomic E-state index is 12.9. The molecule has 1 aromatic carbocycles. The van der Waals surface area contributed by atoms with Crippen molar-refractivity contribution in [3.8, 4) is 0 Å². The second kappa shape index (κ2) is 11.6. The Morgan fingerprint density at radius 3 is 2.50 bits per heavy atom.